The van der Waals surface area contributed by atoms with Crippen molar-refractivity contribution in [1.82, 2.24) is 15.1 Å². The number of hydrogen-bond donors (Lipinski definition) is 1. The Kier molecular flexibility index (Phi) is 8.33. The summed E-state index contributed by atoms with van der Waals surface area (Å²) >= 11 is 0. The number of methoxy groups -OCH3 is 1. The number of nitrogens with zero attached hydrogens (tertiary/aromatic N) is 2. The summed E-state index contributed by atoms with van der Waals surface area (Å²) in [7, 11) is 3.30. The van der Waals surface area contributed by atoms with Crippen molar-refractivity contribution in [2.75, 3.05) is 27.2 Å². The minimum Gasteiger partial charge on any atom is -0.471 e. The Morgan fingerprint density at radius 2 is 1.88 bits per heavy atom. The van der Waals surface area contributed by atoms with Crippen molar-refractivity contribution in [3.8, 4) is 0 Å². The van der Waals surface area contributed by atoms with Crippen molar-refractivity contribution in [2.45, 2.75) is 70.7 Å². The van der Waals surface area contributed by atoms with Crippen molar-refractivity contribution in [3.63, 3.8) is 0 Å². The van der Waals surface area contributed by atoms with Crippen LogP contribution in [0.1, 0.15) is 47.0 Å². The third-order valence-electron chi connectivity index (χ3n) is 4.46. The van der Waals surface area contributed by atoms with Crippen molar-refractivity contribution in [2.24, 2.45) is 0 Å². The number of ether oxygens (including phenoxy) is 2. The van der Waals surface area contributed by atoms with Gasteiger partial charge in [-0.25, -0.2) is 4.79 Å². The Morgan fingerprint density at radius 3 is 2.42 bits per heavy atom. The molecule has 0 saturated carbocycles. The van der Waals surface area contributed by atoms with Gasteiger partial charge in [-0.1, -0.05) is 0 Å². The number of carbonyl (C=O) groups excluding carboxylic acids is 3. The van der Waals surface area contributed by atoms with Gasteiger partial charge in [0.25, 0.3) is 6.47 Å². The van der Waals surface area contributed by atoms with Gasteiger partial charge in [-0.3, -0.25) is 9.59 Å². The van der Waals surface area contributed by atoms with Gasteiger partial charge in [0.2, 0.25) is 5.91 Å². The maximum atomic E-state index is 12.9. The molecule has 3 unspecified atom stereocenters. The molecule has 8 nitrogen and oxygen atoms in total. The summed E-state index contributed by atoms with van der Waals surface area (Å²) in [6.45, 7) is 9.38. The Balaban J connectivity index is 0.000000765. The second-order valence-corrected chi connectivity index (χ2v) is 7.91. The Morgan fingerprint density at radius 1 is 1.27 bits per heavy atom. The molecule has 0 aromatic heterocycles. The van der Waals surface area contributed by atoms with Gasteiger partial charge in [0.1, 0.15) is 11.6 Å². The Hall–Kier alpha value is -1.83. The molecule has 0 aliphatic carbocycles. The first-order valence-electron chi connectivity index (χ1n) is 9.05. The fraction of sp³-hybridized carbons (Fsp3) is 0.833. The van der Waals surface area contributed by atoms with Gasteiger partial charge in [-0.05, 0) is 60.5 Å². The molecule has 0 aromatic carbocycles. The molecule has 8 heteroatoms. The lowest BCUT2D eigenvalue weighted by atomic mass is 10.1. The van der Waals surface area contributed by atoms with E-state index in [9.17, 15) is 9.59 Å². The Bertz CT molecular complexity index is 492. The molecule has 2 aliphatic heterocycles. The van der Waals surface area contributed by atoms with E-state index in [1.165, 1.54) is 7.11 Å². The zero-order chi connectivity index (χ0) is 19.9. The van der Waals surface area contributed by atoms with E-state index in [1.807, 2.05) is 32.7 Å². The van der Waals surface area contributed by atoms with E-state index < -0.39 is 17.7 Å². The largest absolute Gasteiger partial charge is 0.471 e. The monoisotopic (exact) mass is 371 g/mol. The fourth-order valence-corrected chi connectivity index (χ4v) is 3.34. The molecule has 0 bridgehead atoms. The van der Waals surface area contributed by atoms with Gasteiger partial charge in [-0.2, -0.15) is 0 Å². The number of nitrogens with one attached hydrogen (secondary N) is 1. The first kappa shape index (κ1) is 22.2. The molecule has 2 saturated heterocycles. The maximum Gasteiger partial charge on any atom is 0.408 e. The minimum absolute atomic E-state index is 0.0207. The van der Waals surface area contributed by atoms with Crippen LogP contribution < -0.4 is 5.32 Å². The molecule has 150 valence electrons. The maximum absolute atomic E-state index is 12.9. The minimum atomic E-state index is -0.565. The van der Waals surface area contributed by atoms with Gasteiger partial charge in [0.15, 0.2) is 0 Å². The van der Waals surface area contributed by atoms with E-state index >= 15 is 0 Å². The summed E-state index contributed by atoms with van der Waals surface area (Å²) in [6.07, 6.45) is 2.58. The highest BCUT2D eigenvalue weighted by Gasteiger charge is 2.40. The molecule has 2 amide bonds. The lowest BCUT2D eigenvalue weighted by molar-refractivity contribution is -0.137. The predicted molar refractivity (Wildman–Crippen MR) is 97.7 cm³/mol. The van der Waals surface area contributed by atoms with Gasteiger partial charge >= 0.3 is 6.09 Å². The van der Waals surface area contributed by atoms with Crippen LogP contribution in [0.15, 0.2) is 0 Å². The van der Waals surface area contributed by atoms with Crippen LogP contribution in [0.5, 0.6) is 0 Å². The molecule has 0 radical (unpaired) electrons. The zero-order valence-corrected chi connectivity index (χ0v) is 16.8. The molecule has 2 fully saturated rings. The van der Waals surface area contributed by atoms with Gasteiger partial charge in [0, 0.05) is 18.6 Å². The van der Waals surface area contributed by atoms with Crippen LogP contribution in [0, 0.1) is 0 Å². The summed E-state index contributed by atoms with van der Waals surface area (Å²) in [5, 5.41) is 2.76. The van der Waals surface area contributed by atoms with Crippen LogP contribution in [0.2, 0.25) is 0 Å². The number of likely N-dealkylation sites (N-methyl/N-ethyl adjacent to an activating group) is 1. The number of rotatable bonds is 2. The van der Waals surface area contributed by atoms with Crippen molar-refractivity contribution in [1.29, 1.82) is 0 Å². The van der Waals surface area contributed by atoms with Crippen molar-refractivity contribution >= 4 is 18.5 Å². The van der Waals surface area contributed by atoms with E-state index in [1.54, 1.807) is 0 Å². The van der Waals surface area contributed by atoms with E-state index in [0.29, 0.717) is 19.1 Å². The topological polar surface area (TPSA) is 88.2 Å². The lowest BCUT2D eigenvalue weighted by Crippen LogP contribution is -2.58. The third kappa shape index (κ3) is 6.82. The molecule has 0 spiro atoms. The molecule has 0 aromatic rings. The summed E-state index contributed by atoms with van der Waals surface area (Å²) in [5.74, 6) is 0.0207. The zero-order valence-electron chi connectivity index (χ0n) is 16.8. The van der Waals surface area contributed by atoms with E-state index in [-0.39, 0.29) is 11.9 Å². The highest BCUT2D eigenvalue weighted by molar-refractivity contribution is 5.86. The van der Waals surface area contributed by atoms with Crippen LogP contribution in [-0.2, 0) is 19.1 Å². The molecular weight excluding hydrogens is 338 g/mol. The highest BCUT2D eigenvalue weighted by Crippen LogP contribution is 2.28. The van der Waals surface area contributed by atoms with Crippen LogP contribution in [0.25, 0.3) is 0 Å². The summed E-state index contributed by atoms with van der Waals surface area (Å²) < 4.78 is 9.16. The number of amides is 2. The summed E-state index contributed by atoms with van der Waals surface area (Å²) in [5.41, 5.74) is -0.565. The molecular formula is C18H33N3O5. The fourth-order valence-electron chi connectivity index (χ4n) is 3.34. The summed E-state index contributed by atoms with van der Waals surface area (Å²) in [6, 6.07) is 0.0141. The first-order valence-corrected chi connectivity index (χ1v) is 9.05. The molecule has 2 rings (SSSR count). The number of hydrogen-bond acceptors (Lipinski definition) is 6. The molecule has 26 heavy (non-hydrogen) atoms. The first-order chi connectivity index (χ1) is 12.1. The smallest absolute Gasteiger partial charge is 0.408 e. The number of carbonyl (C=O) groups is 3. The molecule has 1 N–H and O–H groups in total. The third-order valence-corrected chi connectivity index (χ3v) is 4.46. The second kappa shape index (κ2) is 9.75. The predicted octanol–water partition coefficient (Wildman–Crippen LogP) is 1.38. The average molecular weight is 371 g/mol. The molecule has 2 heterocycles. The van der Waals surface area contributed by atoms with Crippen molar-refractivity contribution < 1.29 is 23.9 Å². The molecule has 2 aliphatic rings. The van der Waals surface area contributed by atoms with Crippen LogP contribution in [0.3, 0.4) is 0 Å². The van der Waals surface area contributed by atoms with E-state index in [4.69, 9.17) is 9.53 Å². The number of fused-ring (bicyclic) bond motifs is 1. The number of alkyl carbamates (subject to hydrolysis) is 1. The lowest BCUT2D eigenvalue weighted by Gasteiger charge is -2.37. The highest BCUT2D eigenvalue weighted by atomic mass is 16.6. The van der Waals surface area contributed by atoms with E-state index in [2.05, 4.69) is 21.9 Å². The molecule has 3 atom stereocenters. The van der Waals surface area contributed by atoms with Gasteiger partial charge in [-0.15, -0.1) is 0 Å². The average Bonchev–Trinajstić information content (AvgIpc) is 2.89. The Labute approximate surface area is 156 Å². The van der Waals surface area contributed by atoms with Crippen LogP contribution in [-0.4, -0.2) is 79.2 Å². The SMILES string of the molecule is CC1CCC2CCN(C)CC(NC(=O)OC(C)(C)C)C(=O)N12.COC=O. The normalized spacial score (nSPS) is 26.6. The van der Waals surface area contributed by atoms with Crippen molar-refractivity contribution in [3.05, 3.63) is 0 Å². The van der Waals surface area contributed by atoms with Crippen LogP contribution in [0.4, 0.5) is 4.79 Å². The standard InChI is InChI=1S/C16H29N3O3.C2H4O2/c1-11-6-7-12-8-9-18(5)10-13(14(20)19(11)12)17-15(21)22-16(2,3)4;1-4-2-3/h11-13H,6-10H2,1-5H3,(H,17,21);2H,1H3. The van der Waals surface area contributed by atoms with Gasteiger partial charge < -0.3 is 24.6 Å². The quantitative estimate of drug-likeness (QED) is 0.738. The van der Waals surface area contributed by atoms with Gasteiger partial charge in [0.05, 0.1) is 7.11 Å². The summed E-state index contributed by atoms with van der Waals surface area (Å²) in [4.78, 5) is 37.9. The second-order valence-electron chi connectivity index (χ2n) is 7.91. The van der Waals surface area contributed by atoms with Crippen LogP contribution >= 0.6 is 0 Å². The van der Waals surface area contributed by atoms with E-state index in [0.717, 1.165) is 25.8 Å².